The first-order chi connectivity index (χ1) is 9.51. The molecule has 1 aliphatic rings. The summed E-state index contributed by atoms with van der Waals surface area (Å²) in [6.45, 7) is 3.13. The minimum atomic E-state index is -0.784. The van der Waals surface area contributed by atoms with Crippen molar-refractivity contribution >= 4 is 34.8 Å². The second kappa shape index (κ2) is 6.59. The summed E-state index contributed by atoms with van der Waals surface area (Å²) >= 11 is 7.37. The zero-order valence-electron chi connectivity index (χ0n) is 11.3. The lowest BCUT2D eigenvalue weighted by Crippen LogP contribution is -2.34. The van der Waals surface area contributed by atoms with Crippen molar-refractivity contribution in [3.05, 3.63) is 21.3 Å². The van der Waals surface area contributed by atoms with E-state index >= 15 is 0 Å². The molecule has 110 valence electrons. The molecule has 1 heterocycles. The predicted octanol–water partition coefficient (Wildman–Crippen LogP) is 3.25. The molecule has 2 atom stereocenters. The van der Waals surface area contributed by atoms with Crippen molar-refractivity contribution in [3.8, 4) is 0 Å². The van der Waals surface area contributed by atoms with E-state index in [0.29, 0.717) is 32.4 Å². The van der Waals surface area contributed by atoms with Crippen molar-refractivity contribution in [2.75, 3.05) is 6.54 Å². The second-order valence-corrected chi connectivity index (χ2v) is 6.90. The molecular formula is C14H18ClNO3S. The van der Waals surface area contributed by atoms with Gasteiger partial charge in [-0.2, -0.15) is 0 Å². The third-order valence-electron chi connectivity index (χ3n) is 3.80. The molecule has 0 unspecified atom stereocenters. The summed E-state index contributed by atoms with van der Waals surface area (Å²) in [6, 6.07) is 3.76. The van der Waals surface area contributed by atoms with Crippen LogP contribution in [0.5, 0.6) is 0 Å². The summed E-state index contributed by atoms with van der Waals surface area (Å²) in [5.74, 6) is -1.22. The quantitative estimate of drug-likeness (QED) is 0.907. The molecule has 0 bridgehead atoms. The summed E-state index contributed by atoms with van der Waals surface area (Å²) in [5, 5.41) is 9.01. The topological polar surface area (TPSA) is 57.6 Å². The van der Waals surface area contributed by atoms with Gasteiger partial charge in [0.2, 0.25) is 5.91 Å². The van der Waals surface area contributed by atoms with Crippen LogP contribution in [0.3, 0.4) is 0 Å². The Balaban J connectivity index is 1.97. The van der Waals surface area contributed by atoms with Crippen LogP contribution in [0.15, 0.2) is 12.1 Å². The monoisotopic (exact) mass is 315 g/mol. The van der Waals surface area contributed by atoms with E-state index in [1.165, 1.54) is 11.3 Å². The van der Waals surface area contributed by atoms with Crippen molar-refractivity contribution in [2.24, 2.45) is 11.8 Å². The maximum absolute atomic E-state index is 12.5. The highest BCUT2D eigenvalue weighted by Gasteiger charge is 2.35. The Morgan fingerprint density at radius 1 is 1.40 bits per heavy atom. The molecule has 1 aliphatic carbocycles. The van der Waals surface area contributed by atoms with E-state index in [0.717, 1.165) is 9.21 Å². The standard InChI is InChI=1S/C14H18ClNO3S/c1-2-16(8-11-5-6-12(15)20-11)13(17)9-3-4-10(7-9)14(18)19/h5-6,9-10H,2-4,7-8H2,1H3,(H,18,19)/t9-,10+/m1/s1. The average molecular weight is 316 g/mol. The van der Waals surface area contributed by atoms with Gasteiger partial charge in [0, 0.05) is 17.3 Å². The lowest BCUT2D eigenvalue weighted by atomic mass is 10.0. The smallest absolute Gasteiger partial charge is 0.306 e. The number of hydrogen-bond donors (Lipinski definition) is 1. The minimum absolute atomic E-state index is 0.0702. The molecule has 6 heteroatoms. The number of carbonyl (C=O) groups is 2. The van der Waals surface area contributed by atoms with Crippen LogP contribution in [0.4, 0.5) is 0 Å². The summed E-state index contributed by atoms with van der Waals surface area (Å²) in [4.78, 5) is 26.3. The minimum Gasteiger partial charge on any atom is -0.481 e. The number of carbonyl (C=O) groups excluding carboxylic acids is 1. The van der Waals surface area contributed by atoms with Gasteiger partial charge < -0.3 is 10.0 Å². The van der Waals surface area contributed by atoms with Crippen LogP contribution in [-0.4, -0.2) is 28.4 Å². The molecule has 1 saturated carbocycles. The van der Waals surface area contributed by atoms with E-state index in [2.05, 4.69) is 0 Å². The highest BCUT2D eigenvalue weighted by atomic mass is 35.5. The summed E-state index contributed by atoms with van der Waals surface area (Å²) in [7, 11) is 0. The number of aliphatic carboxylic acids is 1. The van der Waals surface area contributed by atoms with Crippen molar-refractivity contribution in [3.63, 3.8) is 0 Å². The summed E-state index contributed by atoms with van der Waals surface area (Å²) in [6.07, 6.45) is 1.75. The fraction of sp³-hybridized carbons (Fsp3) is 0.571. The highest BCUT2D eigenvalue weighted by molar-refractivity contribution is 7.16. The zero-order valence-corrected chi connectivity index (χ0v) is 12.9. The Hall–Kier alpha value is -1.07. The van der Waals surface area contributed by atoms with Crippen LogP contribution >= 0.6 is 22.9 Å². The third kappa shape index (κ3) is 3.52. The maximum atomic E-state index is 12.5. The van der Waals surface area contributed by atoms with Gasteiger partial charge in [0.15, 0.2) is 0 Å². The van der Waals surface area contributed by atoms with E-state index in [4.69, 9.17) is 16.7 Å². The molecule has 2 rings (SSSR count). The van der Waals surface area contributed by atoms with E-state index in [-0.39, 0.29) is 17.7 Å². The van der Waals surface area contributed by atoms with Crippen molar-refractivity contribution in [1.29, 1.82) is 0 Å². The summed E-state index contributed by atoms with van der Waals surface area (Å²) < 4.78 is 0.718. The molecule has 20 heavy (non-hydrogen) atoms. The molecule has 0 saturated heterocycles. The number of nitrogens with zero attached hydrogens (tertiary/aromatic N) is 1. The first-order valence-corrected chi connectivity index (χ1v) is 7.96. The van der Waals surface area contributed by atoms with Crippen molar-refractivity contribution in [2.45, 2.75) is 32.7 Å². The van der Waals surface area contributed by atoms with Crippen LogP contribution < -0.4 is 0 Å². The number of carboxylic acid groups (broad SMARTS) is 1. The molecule has 0 radical (unpaired) electrons. The van der Waals surface area contributed by atoms with Gasteiger partial charge in [-0.05, 0) is 38.3 Å². The Labute approximate surface area is 127 Å². The number of rotatable bonds is 5. The van der Waals surface area contributed by atoms with E-state index in [9.17, 15) is 9.59 Å². The van der Waals surface area contributed by atoms with Gasteiger partial charge in [-0.1, -0.05) is 11.6 Å². The van der Waals surface area contributed by atoms with Crippen molar-refractivity contribution < 1.29 is 14.7 Å². The fourth-order valence-corrected chi connectivity index (χ4v) is 3.76. The largest absolute Gasteiger partial charge is 0.481 e. The zero-order chi connectivity index (χ0) is 14.7. The van der Waals surface area contributed by atoms with Crippen LogP contribution in [0.25, 0.3) is 0 Å². The molecule has 1 amide bonds. The Kier molecular flexibility index (Phi) is 5.05. The molecule has 1 N–H and O–H groups in total. The normalized spacial score (nSPS) is 21.9. The fourth-order valence-electron chi connectivity index (χ4n) is 2.66. The van der Waals surface area contributed by atoms with Crippen molar-refractivity contribution in [1.82, 2.24) is 4.90 Å². The molecule has 1 fully saturated rings. The Bertz CT molecular complexity index is 502. The van der Waals surface area contributed by atoms with Gasteiger partial charge in [-0.3, -0.25) is 9.59 Å². The number of hydrogen-bond acceptors (Lipinski definition) is 3. The first-order valence-electron chi connectivity index (χ1n) is 6.77. The van der Waals surface area contributed by atoms with E-state index < -0.39 is 5.97 Å². The van der Waals surface area contributed by atoms with Gasteiger partial charge in [-0.25, -0.2) is 0 Å². The van der Waals surface area contributed by atoms with Gasteiger partial charge in [0.1, 0.15) is 0 Å². The van der Waals surface area contributed by atoms with Crippen LogP contribution in [0.2, 0.25) is 4.34 Å². The molecule has 0 aromatic carbocycles. The second-order valence-electron chi connectivity index (χ2n) is 5.10. The number of amides is 1. The number of halogens is 1. The highest BCUT2D eigenvalue weighted by Crippen LogP contribution is 2.33. The Morgan fingerprint density at radius 3 is 2.60 bits per heavy atom. The summed E-state index contributed by atoms with van der Waals surface area (Å²) in [5.41, 5.74) is 0. The molecule has 4 nitrogen and oxygen atoms in total. The first kappa shape index (κ1) is 15.3. The maximum Gasteiger partial charge on any atom is 0.306 e. The SMILES string of the molecule is CCN(Cc1ccc(Cl)s1)C(=O)[C@@H]1CC[C@H](C(=O)O)C1. The van der Waals surface area contributed by atoms with Gasteiger partial charge in [-0.15, -0.1) is 11.3 Å². The number of thiophene rings is 1. The molecule has 1 aromatic heterocycles. The number of carboxylic acids is 1. The predicted molar refractivity (Wildman–Crippen MR) is 78.9 cm³/mol. The lowest BCUT2D eigenvalue weighted by molar-refractivity contribution is -0.141. The molecule has 0 spiro atoms. The van der Waals surface area contributed by atoms with Crippen LogP contribution in [0, 0.1) is 11.8 Å². The molecule has 1 aromatic rings. The molecular weight excluding hydrogens is 298 g/mol. The van der Waals surface area contributed by atoms with E-state index in [1.807, 2.05) is 19.1 Å². The Morgan fingerprint density at radius 2 is 2.10 bits per heavy atom. The van der Waals surface area contributed by atoms with Crippen LogP contribution in [0.1, 0.15) is 31.1 Å². The van der Waals surface area contributed by atoms with Gasteiger partial charge in [0.05, 0.1) is 16.8 Å². The van der Waals surface area contributed by atoms with Gasteiger partial charge in [0.25, 0.3) is 0 Å². The molecule has 0 aliphatic heterocycles. The van der Waals surface area contributed by atoms with E-state index in [1.54, 1.807) is 4.90 Å². The van der Waals surface area contributed by atoms with Gasteiger partial charge >= 0.3 is 5.97 Å². The van der Waals surface area contributed by atoms with Crippen LogP contribution in [-0.2, 0) is 16.1 Å². The third-order valence-corrected chi connectivity index (χ3v) is 5.02. The average Bonchev–Trinajstić information content (AvgIpc) is 3.04. The lowest BCUT2D eigenvalue weighted by Gasteiger charge is -2.23.